The van der Waals surface area contributed by atoms with Crippen molar-refractivity contribution in [1.29, 1.82) is 0 Å². The van der Waals surface area contributed by atoms with Crippen LogP contribution in [0.15, 0.2) is 58.0 Å². The Hall–Kier alpha value is -3.08. The lowest BCUT2D eigenvalue weighted by Crippen LogP contribution is -2.52. The maximum atomic E-state index is 13.9. The van der Waals surface area contributed by atoms with Crippen LogP contribution in [0.1, 0.15) is 66.8 Å². The summed E-state index contributed by atoms with van der Waals surface area (Å²) in [6.07, 6.45) is 11.6. The second-order valence-corrected chi connectivity index (χ2v) is 9.83. The van der Waals surface area contributed by atoms with Crippen molar-refractivity contribution in [2.24, 2.45) is 5.92 Å². The summed E-state index contributed by atoms with van der Waals surface area (Å²) in [6, 6.07) is 0. The van der Waals surface area contributed by atoms with Crippen LogP contribution in [0.2, 0.25) is 0 Å². The molecule has 6 nitrogen and oxygen atoms in total. The Morgan fingerprint density at radius 1 is 1.41 bits per heavy atom. The molecule has 2 heterocycles. The number of alkyl halides is 1. The van der Waals surface area contributed by atoms with Gasteiger partial charge in [-0.1, -0.05) is 41.4 Å². The van der Waals surface area contributed by atoms with Crippen molar-refractivity contribution in [2.45, 2.75) is 51.0 Å². The molecular weight excluding hydrogens is 495 g/mol. The monoisotopic (exact) mass is 526 g/mol. The number of aliphatic hydroxyl groups excluding tert-OH is 1. The van der Waals surface area contributed by atoms with Crippen LogP contribution in [0.3, 0.4) is 0 Å². The standard InChI is InChI=1S/C29H32ClFN2O4/c1-3-6-25(30)24(4-2)27-26(29(37-32-27)20-7-11-21(34)12-8-20)28(35)19-9-13-22(14-10-19)36-23-17-33(18-23)16-5-15-31/h3-4,6,11,13,19-20,23,34H,1,5,7,9-10,14-18H2,2H3/b24-4+,25-6+/t19-,20-/m1/s1. The van der Waals surface area contributed by atoms with Crippen LogP contribution in [0.5, 0.6) is 0 Å². The predicted octanol–water partition coefficient (Wildman–Crippen LogP) is 6.25. The van der Waals surface area contributed by atoms with E-state index in [2.05, 4.69) is 28.5 Å². The fraction of sp³-hybridized carbons (Fsp3) is 0.448. The van der Waals surface area contributed by atoms with Gasteiger partial charge in [-0.2, -0.15) is 0 Å². The Morgan fingerprint density at radius 3 is 2.84 bits per heavy atom. The molecule has 1 N–H and O–H groups in total. The van der Waals surface area contributed by atoms with Gasteiger partial charge in [-0.05, 0) is 56.8 Å². The van der Waals surface area contributed by atoms with Crippen LogP contribution >= 0.6 is 11.6 Å². The first-order chi connectivity index (χ1) is 17.9. The average molecular weight is 527 g/mol. The van der Waals surface area contributed by atoms with Gasteiger partial charge in [0, 0.05) is 42.6 Å². The number of halogens is 2. The van der Waals surface area contributed by atoms with E-state index in [1.54, 1.807) is 24.3 Å². The van der Waals surface area contributed by atoms with Crippen LogP contribution < -0.4 is 0 Å². The van der Waals surface area contributed by atoms with E-state index >= 15 is 0 Å². The Labute approximate surface area is 222 Å². The minimum atomic E-state index is -0.395. The molecule has 196 valence electrons. The molecule has 3 aliphatic rings. The van der Waals surface area contributed by atoms with E-state index < -0.39 is 5.92 Å². The van der Waals surface area contributed by atoms with Gasteiger partial charge in [0.15, 0.2) is 17.3 Å². The molecule has 1 aromatic rings. The quantitative estimate of drug-likeness (QED) is 0.209. The molecule has 0 unspecified atom stereocenters. The molecule has 4 rings (SSSR count). The summed E-state index contributed by atoms with van der Waals surface area (Å²) >= 11 is 6.49. The molecule has 1 aromatic heterocycles. The van der Waals surface area contributed by atoms with Crippen molar-refractivity contribution in [3.63, 3.8) is 0 Å². The molecule has 0 saturated carbocycles. The molecule has 2 aliphatic carbocycles. The van der Waals surface area contributed by atoms with E-state index in [1.807, 2.05) is 13.0 Å². The lowest BCUT2D eigenvalue weighted by molar-refractivity contribution is -0.0270. The van der Waals surface area contributed by atoms with E-state index in [4.69, 9.17) is 20.9 Å². The molecule has 0 amide bonds. The Morgan fingerprint density at radius 2 is 2.22 bits per heavy atom. The fourth-order valence-electron chi connectivity index (χ4n) is 4.85. The van der Waals surface area contributed by atoms with Crippen LogP contribution in [-0.2, 0) is 4.74 Å². The van der Waals surface area contributed by atoms with Crippen LogP contribution in [-0.4, -0.2) is 53.4 Å². The van der Waals surface area contributed by atoms with Gasteiger partial charge in [-0.15, -0.1) is 0 Å². The lowest BCUT2D eigenvalue weighted by atomic mass is 9.83. The second kappa shape index (κ2) is 12.4. The molecule has 8 heteroatoms. The number of Topliss-reactive ketones (excluding diaryl/α,β-unsaturated/α-hetero) is 1. The number of ketones is 1. The van der Waals surface area contributed by atoms with Gasteiger partial charge >= 0.3 is 0 Å². The number of aliphatic hydroxyl groups is 1. The van der Waals surface area contributed by atoms with Gasteiger partial charge in [-0.25, -0.2) is 0 Å². The van der Waals surface area contributed by atoms with E-state index in [0.29, 0.717) is 59.7 Å². The van der Waals surface area contributed by atoms with Crippen molar-refractivity contribution >= 4 is 23.0 Å². The van der Waals surface area contributed by atoms with E-state index in [1.165, 1.54) is 0 Å². The number of likely N-dealkylation sites (tertiary alicyclic amines) is 1. The molecule has 0 bridgehead atoms. The van der Waals surface area contributed by atoms with Crippen molar-refractivity contribution in [3.05, 3.63) is 70.5 Å². The van der Waals surface area contributed by atoms with Crippen LogP contribution in [0.25, 0.3) is 5.57 Å². The molecule has 1 saturated heterocycles. The van der Waals surface area contributed by atoms with E-state index in [9.17, 15) is 14.3 Å². The van der Waals surface area contributed by atoms with E-state index in [-0.39, 0.29) is 30.2 Å². The molecule has 1 fully saturated rings. The number of rotatable bonds is 11. The minimum Gasteiger partial charge on any atom is -0.501 e. The second-order valence-electron chi connectivity index (χ2n) is 9.42. The molecule has 0 aromatic carbocycles. The number of carbonyl (C=O) groups is 1. The first kappa shape index (κ1) is 27.0. The SMILES string of the molecule is C=C/C=C(Cl)\C(=C/C)c1noc([C@H]2C#CC(O)=CC2)c1C(=O)[C@@H]1CC=C(OC2CN(CCCF)C2)CC1. The third-order valence-electron chi connectivity index (χ3n) is 6.86. The summed E-state index contributed by atoms with van der Waals surface area (Å²) in [5.74, 6) is 6.25. The molecule has 1 aliphatic heterocycles. The zero-order valence-corrected chi connectivity index (χ0v) is 21.8. The zero-order chi connectivity index (χ0) is 26.4. The highest BCUT2D eigenvalue weighted by Gasteiger charge is 2.35. The highest BCUT2D eigenvalue weighted by Crippen LogP contribution is 2.38. The number of carbonyl (C=O) groups excluding carboxylic acids is 1. The maximum absolute atomic E-state index is 13.9. The van der Waals surface area contributed by atoms with Crippen molar-refractivity contribution in [2.75, 3.05) is 26.3 Å². The third kappa shape index (κ3) is 6.26. The van der Waals surface area contributed by atoms with Crippen molar-refractivity contribution in [1.82, 2.24) is 10.1 Å². The topological polar surface area (TPSA) is 75.8 Å². The number of ether oxygens (including phenoxy) is 1. The Balaban J connectivity index is 1.52. The van der Waals surface area contributed by atoms with Crippen LogP contribution in [0, 0.1) is 17.8 Å². The summed E-state index contributed by atoms with van der Waals surface area (Å²) in [5.41, 5.74) is 1.36. The fourth-order valence-corrected chi connectivity index (χ4v) is 5.14. The molecule has 2 atom stereocenters. The van der Waals surface area contributed by atoms with Crippen molar-refractivity contribution < 1.29 is 23.6 Å². The van der Waals surface area contributed by atoms with Gasteiger partial charge in [0.1, 0.15) is 11.8 Å². The smallest absolute Gasteiger partial charge is 0.172 e. The number of hydrogen-bond acceptors (Lipinski definition) is 6. The first-order valence-corrected chi connectivity index (χ1v) is 13.1. The molecule has 0 spiro atoms. The lowest BCUT2D eigenvalue weighted by Gasteiger charge is -2.40. The number of nitrogens with zero attached hydrogens (tertiary/aromatic N) is 2. The minimum absolute atomic E-state index is 0.0110. The Bertz CT molecular complexity index is 1210. The number of aromatic nitrogens is 1. The summed E-state index contributed by atoms with van der Waals surface area (Å²) < 4.78 is 24.2. The maximum Gasteiger partial charge on any atom is 0.172 e. The van der Waals surface area contributed by atoms with Gasteiger partial charge in [0.2, 0.25) is 0 Å². The normalized spacial score (nSPS) is 22.9. The predicted molar refractivity (Wildman–Crippen MR) is 142 cm³/mol. The zero-order valence-electron chi connectivity index (χ0n) is 21.0. The van der Waals surface area contributed by atoms with Gasteiger partial charge in [-0.3, -0.25) is 14.1 Å². The van der Waals surface area contributed by atoms with Crippen LogP contribution in [0.4, 0.5) is 4.39 Å². The Kier molecular flexibility index (Phi) is 9.07. The summed E-state index contributed by atoms with van der Waals surface area (Å²) in [7, 11) is 0. The summed E-state index contributed by atoms with van der Waals surface area (Å²) in [5, 5.41) is 14.3. The number of hydrogen-bond donors (Lipinski definition) is 1. The molecule has 0 radical (unpaired) electrons. The van der Waals surface area contributed by atoms with Gasteiger partial charge < -0.3 is 14.4 Å². The average Bonchev–Trinajstić information content (AvgIpc) is 3.31. The van der Waals surface area contributed by atoms with E-state index in [0.717, 1.165) is 25.4 Å². The third-order valence-corrected chi connectivity index (χ3v) is 7.19. The number of allylic oxidation sites excluding steroid dienone is 9. The first-order valence-electron chi connectivity index (χ1n) is 12.7. The largest absolute Gasteiger partial charge is 0.501 e. The summed E-state index contributed by atoms with van der Waals surface area (Å²) in [6.45, 7) is 7.61. The van der Waals surface area contributed by atoms with Gasteiger partial charge in [0.05, 0.1) is 23.9 Å². The van der Waals surface area contributed by atoms with Gasteiger partial charge in [0.25, 0.3) is 0 Å². The molecule has 37 heavy (non-hydrogen) atoms. The molecular formula is C29H32ClFN2O4. The highest BCUT2D eigenvalue weighted by molar-refractivity contribution is 6.37. The summed E-state index contributed by atoms with van der Waals surface area (Å²) in [4.78, 5) is 16.1. The van der Waals surface area contributed by atoms with Crippen molar-refractivity contribution in [3.8, 4) is 11.8 Å². The highest BCUT2D eigenvalue weighted by atomic mass is 35.5.